The van der Waals surface area contributed by atoms with E-state index in [2.05, 4.69) is 14.9 Å². The Kier molecular flexibility index (Phi) is 5.22. The van der Waals surface area contributed by atoms with E-state index in [0.717, 1.165) is 6.42 Å². The molecular formula is C18H20F3N3O4. The average molecular weight is 399 g/mol. The van der Waals surface area contributed by atoms with Crippen molar-refractivity contribution in [1.29, 1.82) is 0 Å². The number of likely N-dealkylation sites (tertiary alicyclic amines) is 1. The molecule has 1 aliphatic heterocycles. The Bertz CT molecular complexity index is 845. The summed E-state index contributed by atoms with van der Waals surface area (Å²) in [7, 11) is 0. The molecule has 0 spiro atoms. The highest BCUT2D eigenvalue weighted by molar-refractivity contribution is 5.69. The van der Waals surface area contributed by atoms with Crippen molar-refractivity contribution in [3.63, 3.8) is 0 Å². The molecule has 1 amide bonds. The van der Waals surface area contributed by atoms with Crippen molar-refractivity contribution in [1.82, 2.24) is 15.0 Å². The number of carbonyl (C=O) groups excluding carboxylic acids is 1. The Morgan fingerprint density at radius 3 is 2.64 bits per heavy atom. The summed E-state index contributed by atoms with van der Waals surface area (Å²) in [6, 6.07) is 5.02. The van der Waals surface area contributed by atoms with Crippen LogP contribution in [0.25, 0.3) is 11.4 Å². The fourth-order valence-corrected chi connectivity index (χ4v) is 2.91. The zero-order valence-electron chi connectivity index (χ0n) is 15.6. The van der Waals surface area contributed by atoms with Gasteiger partial charge in [-0.1, -0.05) is 17.3 Å². The molecule has 1 aromatic heterocycles. The molecule has 28 heavy (non-hydrogen) atoms. The second kappa shape index (κ2) is 7.33. The van der Waals surface area contributed by atoms with Gasteiger partial charge >= 0.3 is 12.5 Å². The van der Waals surface area contributed by atoms with Crippen LogP contribution in [-0.2, 0) is 4.74 Å². The first kappa shape index (κ1) is 20.0. The molecule has 1 atom stereocenters. The Balaban J connectivity index is 1.84. The van der Waals surface area contributed by atoms with E-state index in [1.54, 1.807) is 20.8 Å². The van der Waals surface area contributed by atoms with Crippen LogP contribution in [-0.4, -0.2) is 39.6 Å². The average Bonchev–Trinajstić information content (AvgIpc) is 3.21. The zero-order chi connectivity index (χ0) is 20.5. The first-order valence-electron chi connectivity index (χ1n) is 8.72. The summed E-state index contributed by atoms with van der Waals surface area (Å²) in [5.74, 6) is -0.344. The third kappa shape index (κ3) is 4.73. The van der Waals surface area contributed by atoms with Crippen LogP contribution in [0.1, 0.15) is 45.5 Å². The van der Waals surface area contributed by atoms with E-state index in [1.165, 1.54) is 29.2 Å². The number of nitrogens with zero attached hydrogens (tertiary/aromatic N) is 3. The number of aromatic nitrogens is 2. The van der Waals surface area contributed by atoms with Gasteiger partial charge in [0.15, 0.2) is 0 Å². The molecule has 0 saturated carbocycles. The first-order chi connectivity index (χ1) is 13.0. The standard InChI is InChI=1S/C18H20F3N3O4/c1-17(2,3)27-16(25)24-10-6-8-12(24)15-22-14(23-28-15)11-7-4-5-9-13(11)26-18(19,20)21/h4-5,7,9,12H,6,8,10H2,1-3H3/t12-/m0/s1. The van der Waals surface area contributed by atoms with Crippen molar-refractivity contribution in [3.8, 4) is 17.1 Å². The third-order valence-corrected chi connectivity index (χ3v) is 3.96. The van der Waals surface area contributed by atoms with E-state index < -0.39 is 29.8 Å². The molecule has 2 aromatic rings. The van der Waals surface area contributed by atoms with Crippen LogP contribution in [0.3, 0.4) is 0 Å². The summed E-state index contributed by atoms with van der Waals surface area (Å²) in [6.07, 6.45) is -4.05. The molecule has 7 nitrogen and oxygen atoms in total. The largest absolute Gasteiger partial charge is 0.573 e. The molecule has 0 bridgehead atoms. The predicted octanol–water partition coefficient (Wildman–Crippen LogP) is 4.71. The maximum absolute atomic E-state index is 12.6. The molecule has 0 radical (unpaired) electrons. The van der Waals surface area contributed by atoms with Gasteiger partial charge in [0.1, 0.15) is 17.4 Å². The predicted molar refractivity (Wildman–Crippen MR) is 91.3 cm³/mol. The van der Waals surface area contributed by atoms with Crippen molar-refractivity contribution in [3.05, 3.63) is 30.2 Å². The maximum Gasteiger partial charge on any atom is 0.573 e. The molecule has 152 valence electrons. The number of carbonyl (C=O) groups is 1. The molecule has 0 N–H and O–H groups in total. The Hall–Kier alpha value is -2.78. The number of para-hydroxylation sites is 1. The van der Waals surface area contributed by atoms with Gasteiger partial charge in [0.05, 0.1) is 5.56 Å². The van der Waals surface area contributed by atoms with Crippen LogP contribution in [0.15, 0.2) is 28.8 Å². The summed E-state index contributed by atoms with van der Waals surface area (Å²) in [5.41, 5.74) is -0.616. The minimum absolute atomic E-state index is 0.0386. The number of hydrogen-bond donors (Lipinski definition) is 0. The Labute approximate surface area is 159 Å². The van der Waals surface area contributed by atoms with E-state index in [1.807, 2.05) is 0 Å². The molecule has 0 unspecified atom stereocenters. The molecule has 1 aromatic carbocycles. The first-order valence-corrected chi connectivity index (χ1v) is 8.72. The van der Waals surface area contributed by atoms with Gasteiger partial charge < -0.3 is 14.0 Å². The third-order valence-electron chi connectivity index (χ3n) is 3.96. The molecule has 2 heterocycles. The van der Waals surface area contributed by atoms with Gasteiger partial charge in [0, 0.05) is 6.54 Å². The highest BCUT2D eigenvalue weighted by Crippen LogP contribution is 2.36. The number of alkyl halides is 3. The highest BCUT2D eigenvalue weighted by atomic mass is 19.4. The second-order valence-corrected chi connectivity index (χ2v) is 7.33. The van der Waals surface area contributed by atoms with E-state index in [9.17, 15) is 18.0 Å². The summed E-state index contributed by atoms with van der Waals surface area (Å²) in [5, 5.41) is 3.78. The topological polar surface area (TPSA) is 77.7 Å². The van der Waals surface area contributed by atoms with Gasteiger partial charge in [-0.2, -0.15) is 4.98 Å². The van der Waals surface area contributed by atoms with Crippen molar-refractivity contribution < 1.29 is 32.0 Å². The van der Waals surface area contributed by atoms with Crippen molar-refractivity contribution >= 4 is 6.09 Å². The lowest BCUT2D eigenvalue weighted by Gasteiger charge is -2.26. The fourth-order valence-electron chi connectivity index (χ4n) is 2.91. The number of benzene rings is 1. The van der Waals surface area contributed by atoms with Crippen LogP contribution in [0.2, 0.25) is 0 Å². The second-order valence-electron chi connectivity index (χ2n) is 7.33. The van der Waals surface area contributed by atoms with Crippen LogP contribution < -0.4 is 4.74 Å². The molecule has 10 heteroatoms. The van der Waals surface area contributed by atoms with E-state index >= 15 is 0 Å². The summed E-state index contributed by atoms with van der Waals surface area (Å²) < 4.78 is 52.5. The number of rotatable bonds is 3. The molecule has 1 fully saturated rings. The zero-order valence-corrected chi connectivity index (χ0v) is 15.6. The van der Waals surface area contributed by atoms with Gasteiger partial charge in [0.25, 0.3) is 0 Å². The summed E-state index contributed by atoms with van der Waals surface area (Å²) in [6.45, 7) is 5.75. The Morgan fingerprint density at radius 2 is 1.96 bits per heavy atom. The monoisotopic (exact) mass is 399 g/mol. The van der Waals surface area contributed by atoms with Gasteiger partial charge in [-0.25, -0.2) is 4.79 Å². The summed E-state index contributed by atoms with van der Waals surface area (Å²) >= 11 is 0. The van der Waals surface area contributed by atoms with Crippen LogP contribution in [0.5, 0.6) is 5.75 Å². The van der Waals surface area contributed by atoms with Gasteiger partial charge in [-0.15, -0.1) is 13.2 Å². The number of hydrogen-bond acceptors (Lipinski definition) is 6. The van der Waals surface area contributed by atoms with Crippen molar-refractivity contribution in [2.75, 3.05) is 6.54 Å². The minimum atomic E-state index is -4.85. The van der Waals surface area contributed by atoms with Crippen LogP contribution in [0, 0.1) is 0 Å². The number of amides is 1. The lowest BCUT2D eigenvalue weighted by atomic mass is 10.2. The molecule has 0 aliphatic carbocycles. The van der Waals surface area contributed by atoms with Crippen molar-refractivity contribution in [2.24, 2.45) is 0 Å². The van der Waals surface area contributed by atoms with Crippen LogP contribution in [0.4, 0.5) is 18.0 Å². The molecular weight excluding hydrogens is 379 g/mol. The lowest BCUT2D eigenvalue weighted by molar-refractivity contribution is -0.274. The molecule has 1 aliphatic rings. The smallest absolute Gasteiger partial charge is 0.444 e. The minimum Gasteiger partial charge on any atom is -0.444 e. The van der Waals surface area contributed by atoms with Crippen molar-refractivity contribution in [2.45, 2.75) is 51.6 Å². The highest BCUT2D eigenvalue weighted by Gasteiger charge is 2.37. The number of ether oxygens (including phenoxy) is 2. The van der Waals surface area contributed by atoms with Gasteiger partial charge in [-0.05, 0) is 45.7 Å². The Morgan fingerprint density at radius 1 is 1.25 bits per heavy atom. The number of halogens is 3. The summed E-state index contributed by atoms with van der Waals surface area (Å²) in [4.78, 5) is 18.1. The normalized spacial score (nSPS) is 17.6. The van der Waals surface area contributed by atoms with E-state index in [4.69, 9.17) is 9.26 Å². The van der Waals surface area contributed by atoms with Gasteiger partial charge in [-0.3, -0.25) is 4.90 Å². The van der Waals surface area contributed by atoms with Gasteiger partial charge in [0.2, 0.25) is 11.7 Å². The van der Waals surface area contributed by atoms with E-state index in [-0.39, 0.29) is 17.3 Å². The maximum atomic E-state index is 12.6. The fraction of sp³-hybridized carbons (Fsp3) is 0.500. The van der Waals surface area contributed by atoms with E-state index in [0.29, 0.717) is 13.0 Å². The quantitative estimate of drug-likeness (QED) is 0.744. The molecule has 1 saturated heterocycles. The lowest BCUT2D eigenvalue weighted by Crippen LogP contribution is -2.36. The molecule has 3 rings (SSSR count). The SMILES string of the molecule is CC(C)(C)OC(=O)N1CCC[C@H]1c1nc(-c2ccccc2OC(F)(F)F)no1. The van der Waals surface area contributed by atoms with Crippen LogP contribution >= 0.6 is 0 Å².